The molecule has 53 heavy (non-hydrogen) atoms. The molecule has 0 radical (unpaired) electrons. The first-order chi connectivity index (χ1) is 26.1. The SMILES string of the molecule is CC1C=CC(c2nc3c(n2-c2ccc(-c4ccc5c(-c6ccc7c(c6)C=CCC7)c6ccccc6c(-c6ccccc6)c5c4)cc2)C=CC(C)C3)CC1. The number of rotatable bonds is 5. The summed E-state index contributed by atoms with van der Waals surface area (Å²) in [6.45, 7) is 4.61. The van der Waals surface area contributed by atoms with Gasteiger partial charge in [-0.2, -0.15) is 0 Å². The third-order valence-corrected chi connectivity index (χ3v) is 11.9. The van der Waals surface area contributed by atoms with Crippen LogP contribution >= 0.6 is 0 Å². The van der Waals surface area contributed by atoms with Crippen molar-refractivity contribution >= 4 is 33.7 Å². The van der Waals surface area contributed by atoms with E-state index in [1.807, 2.05) is 0 Å². The van der Waals surface area contributed by atoms with Gasteiger partial charge in [0.05, 0.1) is 11.4 Å². The maximum absolute atomic E-state index is 5.32. The number of hydrogen-bond donors (Lipinski definition) is 0. The first-order valence-electron chi connectivity index (χ1n) is 19.5. The van der Waals surface area contributed by atoms with E-state index < -0.39 is 0 Å². The summed E-state index contributed by atoms with van der Waals surface area (Å²) in [6.07, 6.45) is 19.6. The zero-order valence-corrected chi connectivity index (χ0v) is 30.6. The van der Waals surface area contributed by atoms with Crippen molar-refractivity contribution in [3.63, 3.8) is 0 Å². The van der Waals surface area contributed by atoms with Crippen LogP contribution in [-0.4, -0.2) is 9.55 Å². The molecule has 3 unspecified atom stereocenters. The Bertz CT molecular complexity index is 2610. The van der Waals surface area contributed by atoms with Crippen molar-refractivity contribution in [2.75, 3.05) is 0 Å². The summed E-state index contributed by atoms with van der Waals surface area (Å²) >= 11 is 0. The highest BCUT2D eigenvalue weighted by Gasteiger charge is 2.27. The molecule has 0 fully saturated rings. The van der Waals surface area contributed by atoms with Crippen LogP contribution in [0.5, 0.6) is 0 Å². The van der Waals surface area contributed by atoms with Crippen LogP contribution in [0.25, 0.3) is 72.8 Å². The Morgan fingerprint density at radius 1 is 0.585 bits per heavy atom. The molecule has 0 N–H and O–H groups in total. The van der Waals surface area contributed by atoms with Crippen molar-refractivity contribution in [1.29, 1.82) is 0 Å². The molecule has 0 spiro atoms. The minimum Gasteiger partial charge on any atom is -0.296 e. The van der Waals surface area contributed by atoms with Gasteiger partial charge in [-0.1, -0.05) is 135 Å². The van der Waals surface area contributed by atoms with Crippen molar-refractivity contribution in [3.8, 4) is 39.1 Å². The predicted molar refractivity (Wildman–Crippen MR) is 224 cm³/mol. The first-order valence-corrected chi connectivity index (χ1v) is 19.5. The summed E-state index contributed by atoms with van der Waals surface area (Å²) < 4.78 is 2.44. The Morgan fingerprint density at radius 2 is 1.32 bits per heavy atom. The standard InChI is InChI=1S/C51H44N2/c1-33-16-19-38(20-17-33)51-52-47-30-34(2)18-29-48(47)53(51)42-26-23-36(24-27-42)40-25-28-45-46(32-40)49(37-11-4-3-5-12-37)43-14-8-9-15-44(43)50(45)41-22-21-35-10-6-7-13-39(35)31-41/h3-5,7-9,11-16,18-19,21-29,31-34,38H,6,10,17,20,30H2,1-2H3. The summed E-state index contributed by atoms with van der Waals surface area (Å²) in [5.41, 5.74) is 14.0. The number of aromatic nitrogens is 2. The molecule has 1 aromatic heterocycles. The minimum absolute atomic E-state index is 0.340. The van der Waals surface area contributed by atoms with E-state index in [9.17, 15) is 0 Å². The van der Waals surface area contributed by atoms with Crippen molar-refractivity contribution in [2.45, 2.75) is 51.9 Å². The maximum Gasteiger partial charge on any atom is 0.120 e. The third-order valence-electron chi connectivity index (χ3n) is 11.9. The molecule has 2 heteroatoms. The van der Waals surface area contributed by atoms with Gasteiger partial charge in [0, 0.05) is 11.6 Å². The van der Waals surface area contributed by atoms with Crippen LogP contribution < -0.4 is 0 Å². The predicted octanol–water partition coefficient (Wildman–Crippen LogP) is 13.4. The van der Waals surface area contributed by atoms with Gasteiger partial charge in [0.25, 0.3) is 0 Å². The van der Waals surface area contributed by atoms with E-state index in [4.69, 9.17) is 4.98 Å². The lowest BCUT2D eigenvalue weighted by molar-refractivity contribution is 0.528. The highest BCUT2D eigenvalue weighted by atomic mass is 15.1. The monoisotopic (exact) mass is 684 g/mol. The molecule has 0 amide bonds. The topological polar surface area (TPSA) is 17.8 Å². The molecular formula is C51H44N2. The van der Waals surface area contributed by atoms with Gasteiger partial charge in [-0.3, -0.25) is 4.57 Å². The first kappa shape index (κ1) is 32.0. The lowest BCUT2D eigenvalue weighted by Crippen LogP contribution is -2.11. The van der Waals surface area contributed by atoms with E-state index in [0.717, 1.165) is 25.7 Å². The zero-order chi connectivity index (χ0) is 35.5. The van der Waals surface area contributed by atoms with Gasteiger partial charge in [-0.05, 0) is 140 Å². The Kier molecular flexibility index (Phi) is 7.86. The van der Waals surface area contributed by atoms with Crippen LogP contribution in [0.4, 0.5) is 0 Å². The van der Waals surface area contributed by atoms with Gasteiger partial charge in [0.1, 0.15) is 5.82 Å². The quantitative estimate of drug-likeness (QED) is 0.130. The van der Waals surface area contributed by atoms with E-state index >= 15 is 0 Å². The van der Waals surface area contributed by atoms with Crippen LogP contribution in [0.3, 0.4) is 0 Å². The van der Waals surface area contributed by atoms with Gasteiger partial charge in [-0.25, -0.2) is 4.98 Å². The average molecular weight is 685 g/mol. The average Bonchev–Trinajstić information content (AvgIpc) is 3.58. The van der Waals surface area contributed by atoms with Crippen LogP contribution in [0.15, 0.2) is 140 Å². The number of imidazole rings is 1. The number of aryl methyl sites for hydroxylation is 1. The number of fused-ring (bicyclic) bond motifs is 4. The molecule has 7 aromatic rings. The van der Waals surface area contributed by atoms with Crippen molar-refractivity contribution in [1.82, 2.24) is 9.55 Å². The Balaban J connectivity index is 1.13. The second-order valence-corrected chi connectivity index (χ2v) is 15.5. The van der Waals surface area contributed by atoms with Crippen molar-refractivity contribution in [3.05, 3.63) is 168 Å². The van der Waals surface area contributed by atoms with E-state index in [1.54, 1.807) is 0 Å². The highest BCUT2D eigenvalue weighted by molar-refractivity contribution is 6.22. The lowest BCUT2D eigenvalue weighted by Gasteiger charge is -2.22. The Morgan fingerprint density at radius 3 is 2.11 bits per heavy atom. The van der Waals surface area contributed by atoms with Gasteiger partial charge in [-0.15, -0.1) is 0 Å². The summed E-state index contributed by atoms with van der Waals surface area (Å²) in [5, 5.41) is 5.14. The molecule has 0 aliphatic heterocycles. The van der Waals surface area contributed by atoms with E-state index in [1.165, 1.54) is 95.4 Å². The molecule has 3 atom stereocenters. The molecule has 6 aromatic carbocycles. The molecule has 0 saturated carbocycles. The lowest BCUT2D eigenvalue weighted by atomic mass is 9.84. The van der Waals surface area contributed by atoms with E-state index in [0.29, 0.717) is 17.8 Å². The number of hydrogen-bond acceptors (Lipinski definition) is 1. The number of nitrogens with zero attached hydrogens (tertiary/aromatic N) is 2. The summed E-state index contributed by atoms with van der Waals surface area (Å²) in [5.74, 6) is 2.67. The zero-order valence-electron chi connectivity index (χ0n) is 30.6. The summed E-state index contributed by atoms with van der Waals surface area (Å²) in [4.78, 5) is 5.32. The molecule has 258 valence electrons. The van der Waals surface area contributed by atoms with Gasteiger partial charge in [0.15, 0.2) is 0 Å². The molecule has 3 aliphatic rings. The Hall–Kier alpha value is -5.73. The molecule has 3 aliphatic carbocycles. The molecule has 10 rings (SSSR count). The smallest absolute Gasteiger partial charge is 0.120 e. The fraction of sp³-hybridized carbons (Fsp3) is 0.196. The normalized spacial score (nSPS) is 19.1. The number of allylic oxidation sites excluding steroid dienone is 4. The van der Waals surface area contributed by atoms with Crippen LogP contribution in [0, 0.1) is 11.8 Å². The van der Waals surface area contributed by atoms with E-state index in [-0.39, 0.29) is 0 Å². The Labute approximate surface area is 312 Å². The van der Waals surface area contributed by atoms with E-state index in [2.05, 4.69) is 170 Å². The molecule has 0 saturated heterocycles. The molecular weight excluding hydrogens is 641 g/mol. The summed E-state index contributed by atoms with van der Waals surface area (Å²) in [6, 6.07) is 43.4. The van der Waals surface area contributed by atoms with Gasteiger partial charge >= 0.3 is 0 Å². The molecule has 2 nitrogen and oxygen atoms in total. The largest absolute Gasteiger partial charge is 0.296 e. The molecule has 1 heterocycles. The van der Waals surface area contributed by atoms with Crippen molar-refractivity contribution in [2.24, 2.45) is 11.8 Å². The minimum atomic E-state index is 0.340. The van der Waals surface area contributed by atoms with Crippen LogP contribution in [-0.2, 0) is 12.8 Å². The third kappa shape index (κ3) is 5.60. The fourth-order valence-corrected chi connectivity index (χ4v) is 9.11. The second-order valence-electron chi connectivity index (χ2n) is 15.5. The molecule has 0 bridgehead atoms. The van der Waals surface area contributed by atoms with Gasteiger partial charge in [0.2, 0.25) is 0 Å². The fourth-order valence-electron chi connectivity index (χ4n) is 9.11. The summed E-state index contributed by atoms with van der Waals surface area (Å²) in [7, 11) is 0. The maximum atomic E-state index is 5.32. The van der Waals surface area contributed by atoms with Crippen LogP contribution in [0.1, 0.15) is 67.4 Å². The highest BCUT2D eigenvalue weighted by Crippen LogP contribution is 2.45. The van der Waals surface area contributed by atoms with Crippen molar-refractivity contribution < 1.29 is 0 Å². The number of benzene rings is 6. The van der Waals surface area contributed by atoms with Gasteiger partial charge < -0.3 is 0 Å². The second kappa shape index (κ2) is 13.0. The van der Waals surface area contributed by atoms with Crippen LogP contribution in [0.2, 0.25) is 0 Å².